The lowest BCUT2D eigenvalue weighted by molar-refractivity contribution is 0.0527. The van der Waals surface area contributed by atoms with Crippen LogP contribution in [0.1, 0.15) is 24.2 Å². The lowest BCUT2D eigenvalue weighted by Gasteiger charge is -2.17. The first kappa shape index (κ1) is 18.1. The van der Waals surface area contributed by atoms with Crippen LogP contribution in [0.15, 0.2) is 48.5 Å². The van der Waals surface area contributed by atoms with Crippen molar-refractivity contribution in [3.8, 4) is 11.5 Å². The van der Waals surface area contributed by atoms with Crippen LogP contribution >= 0.6 is 0 Å². The fraction of sp³-hybridized carbons (Fsp3) is 0.222. The van der Waals surface area contributed by atoms with E-state index in [9.17, 15) is 14.7 Å². The molecule has 132 valence electrons. The number of amides is 2. The van der Waals surface area contributed by atoms with Crippen LogP contribution in [-0.4, -0.2) is 29.9 Å². The molecule has 0 aliphatic rings. The SMILES string of the molecule is CCOC(=O)c1ccccc1NC(=O)NC(C)Oc1ccc(O)cc1. The van der Waals surface area contributed by atoms with Gasteiger partial charge in [-0.05, 0) is 50.2 Å². The van der Waals surface area contributed by atoms with Crippen LogP contribution in [0.4, 0.5) is 10.5 Å². The van der Waals surface area contributed by atoms with Crippen molar-refractivity contribution in [2.45, 2.75) is 20.1 Å². The summed E-state index contributed by atoms with van der Waals surface area (Å²) in [5.74, 6) is 0.116. The van der Waals surface area contributed by atoms with Crippen molar-refractivity contribution in [1.29, 1.82) is 0 Å². The molecule has 25 heavy (non-hydrogen) atoms. The van der Waals surface area contributed by atoms with Gasteiger partial charge in [0.2, 0.25) is 0 Å². The van der Waals surface area contributed by atoms with E-state index in [2.05, 4.69) is 10.6 Å². The van der Waals surface area contributed by atoms with Gasteiger partial charge in [0.25, 0.3) is 0 Å². The average molecular weight is 344 g/mol. The maximum absolute atomic E-state index is 12.1. The number of carbonyl (C=O) groups is 2. The Bertz CT molecular complexity index is 731. The lowest BCUT2D eigenvalue weighted by Crippen LogP contribution is -2.39. The molecule has 7 nitrogen and oxygen atoms in total. The summed E-state index contributed by atoms with van der Waals surface area (Å²) in [6.07, 6.45) is -0.626. The van der Waals surface area contributed by atoms with E-state index < -0.39 is 18.2 Å². The van der Waals surface area contributed by atoms with Gasteiger partial charge in [0.1, 0.15) is 11.5 Å². The largest absolute Gasteiger partial charge is 0.508 e. The van der Waals surface area contributed by atoms with Crippen molar-refractivity contribution >= 4 is 17.7 Å². The summed E-state index contributed by atoms with van der Waals surface area (Å²) in [6.45, 7) is 3.61. The first-order valence-corrected chi connectivity index (χ1v) is 7.79. The number of benzene rings is 2. The summed E-state index contributed by atoms with van der Waals surface area (Å²) in [4.78, 5) is 24.0. The number of hydrogen-bond acceptors (Lipinski definition) is 5. The zero-order valence-corrected chi connectivity index (χ0v) is 14.0. The van der Waals surface area contributed by atoms with Crippen LogP contribution in [-0.2, 0) is 4.74 Å². The third kappa shape index (κ3) is 5.42. The van der Waals surface area contributed by atoms with E-state index in [0.717, 1.165) is 0 Å². The predicted octanol–water partition coefficient (Wildman–Crippen LogP) is 3.12. The van der Waals surface area contributed by atoms with Crippen molar-refractivity contribution < 1.29 is 24.2 Å². The Morgan fingerprint density at radius 1 is 1.12 bits per heavy atom. The maximum atomic E-state index is 12.1. The number of ether oxygens (including phenoxy) is 2. The van der Waals surface area contributed by atoms with E-state index >= 15 is 0 Å². The van der Waals surface area contributed by atoms with Gasteiger partial charge in [0.15, 0.2) is 6.23 Å². The van der Waals surface area contributed by atoms with Crippen molar-refractivity contribution in [1.82, 2.24) is 5.32 Å². The number of rotatable bonds is 6. The minimum atomic E-state index is -0.626. The van der Waals surface area contributed by atoms with Crippen LogP contribution in [0.5, 0.6) is 11.5 Å². The molecule has 0 saturated heterocycles. The first-order chi connectivity index (χ1) is 12.0. The fourth-order valence-electron chi connectivity index (χ4n) is 2.08. The molecule has 0 aromatic heterocycles. The molecule has 0 bridgehead atoms. The molecule has 0 radical (unpaired) electrons. The number of aromatic hydroxyl groups is 1. The Balaban J connectivity index is 1.95. The van der Waals surface area contributed by atoms with Gasteiger partial charge >= 0.3 is 12.0 Å². The van der Waals surface area contributed by atoms with E-state index in [1.165, 1.54) is 12.1 Å². The van der Waals surface area contributed by atoms with Crippen LogP contribution in [0.2, 0.25) is 0 Å². The van der Waals surface area contributed by atoms with Crippen LogP contribution in [0, 0.1) is 0 Å². The average Bonchev–Trinajstić information content (AvgIpc) is 2.57. The summed E-state index contributed by atoms with van der Waals surface area (Å²) >= 11 is 0. The molecule has 0 fully saturated rings. The summed E-state index contributed by atoms with van der Waals surface area (Å²) in [6, 6.07) is 12.2. The maximum Gasteiger partial charge on any atom is 0.340 e. The van der Waals surface area contributed by atoms with Crippen LogP contribution < -0.4 is 15.4 Å². The first-order valence-electron chi connectivity index (χ1n) is 7.79. The Morgan fingerprint density at radius 2 is 1.80 bits per heavy atom. The van der Waals surface area contributed by atoms with Gasteiger partial charge in [-0.2, -0.15) is 0 Å². The van der Waals surface area contributed by atoms with E-state index in [-0.39, 0.29) is 17.9 Å². The Morgan fingerprint density at radius 3 is 2.48 bits per heavy atom. The topological polar surface area (TPSA) is 96.9 Å². The van der Waals surface area contributed by atoms with Crippen LogP contribution in [0.25, 0.3) is 0 Å². The Labute approximate surface area is 145 Å². The van der Waals surface area contributed by atoms with Crippen molar-refractivity contribution in [3.05, 3.63) is 54.1 Å². The summed E-state index contributed by atoms with van der Waals surface area (Å²) in [7, 11) is 0. The molecule has 2 rings (SSSR count). The second-order valence-corrected chi connectivity index (χ2v) is 5.12. The number of phenolic OH excluding ortho intramolecular Hbond substituents is 1. The molecule has 0 saturated carbocycles. The number of esters is 1. The molecule has 0 aliphatic heterocycles. The van der Waals surface area contributed by atoms with Gasteiger partial charge in [-0.15, -0.1) is 0 Å². The smallest absolute Gasteiger partial charge is 0.340 e. The molecular weight excluding hydrogens is 324 g/mol. The summed E-state index contributed by atoms with van der Waals surface area (Å²) in [5.41, 5.74) is 0.613. The number of hydrogen-bond donors (Lipinski definition) is 3. The molecule has 1 unspecified atom stereocenters. The number of carbonyl (C=O) groups excluding carboxylic acids is 2. The monoisotopic (exact) mass is 344 g/mol. The van der Waals surface area contributed by atoms with Crippen LogP contribution in [0.3, 0.4) is 0 Å². The minimum Gasteiger partial charge on any atom is -0.508 e. The van der Waals surface area contributed by atoms with Gasteiger partial charge in [-0.3, -0.25) is 0 Å². The number of nitrogens with one attached hydrogen (secondary N) is 2. The molecular formula is C18H20N2O5. The number of para-hydroxylation sites is 1. The van der Waals surface area contributed by atoms with E-state index in [1.807, 2.05) is 0 Å². The van der Waals surface area contributed by atoms with Crippen molar-refractivity contribution in [3.63, 3.8) is 0 Å². The fourth-order valence-corrected chi connectivity index (χ4v) is 2.08. The second-order valence-electron chi connectivity index (χ2n) is 5.12. The zero-order valence-electron chi connectivity index (χ0n) is 14.0. The lowest BCUT2D eigenvalue weighted by atomic mass is 10.2. The summed E-state index contributed by atoms with van der Waals surface area (Å²) in [5, 5.41) is 14.4. The normalized spacial score (nSPS) is 11.3. The molecule has 2 aromatic rings. The van der Waals surface area contributed by atoms with Gasteiger partial charge in [0, 0.05) is 0 Å². The number of anilines is 1. The van der Waals surface area contributed by atoms with Crippen molar-refractivity contribution in [2.75, 3.05) is 11.9 Å². The number of phenols is 1. The second kappa shape index (κ2) is 8.58. The summed E-state index contributed by atoms with van der Waals surface area (Å²) < 4.78 is 10.5. The Kier molecular flexibility index (Phi) is 6.22. The van der Waals surface area contributed by atoms with Gasteiger partial charge in [-0.25, -0.2) is 9.59 Å². The highest BCUT2D eigenvalue weighted by atomic mass is 16.5. The number of urea groups is 1. The van der Waals surface area contributed by atoms with E-state index in [4.69, 9.17) is 9.47 Å². The molecule has 0 aliphatic carbocycles. The highest BCUT2D eigenvalue weighted by Crippen LogP contribution is 2.18. The van der Waals surface area contributed by atoms with E-state index in [0.29, 0.717) is 11.4 Å². The molecule has 2 aromatic carbocycles. The van der Waals surface area contributed by atoms with E-state index in [1.54, 1.807) is 50.2 Å². The predicted molar refractivity (Wildman–Crippen MR) is 92.7 cm³/mol. The van der Waals surface area contributed by atoms with Gasteiger partial charge in [-0.1, -0.05) is 12.1 Å². The Hall–Kier alpha value is -3.22. The van der Waals surface area contributed by atoms with Gasteiger partial charge in [0.05, 0.1) is 17.9 Å². The zero-order chi connectivity index (χ0) is 18.2. The molecule has 3 N–H and O–H groups in total. The molecule has 0 heterocycles. The van der Waals surface area contributed by atoms with Crippen molar-refractivity contribution in [2.24, 2.45) is 0 Å². The third-order valence-electron chi connectivity index (χ3n) is 3.15. The highest BCUT2D eigenvalue weighted by molar-refractivity contribution is 6.00. The minimum absolute atomic E-state index is 0.126. The standard InChI is InChI=1S/C18H20N2O5/c1-3-24-17(22)15-6-4-5-7-16(15)20-18(23)19-12(2)25-14-10-8-13(21)9-11-14/h4-12,21H,3H2,1-2H3,(H2,19,20,23). The highest BCUT2D eigenvalue weighted by Gasteiger charge is 2.15. The molecule has 1 atom stereocenters. The third-order valence-corrected chi connectivity index (χ3v) is 3.15. The molecule has 7 heteroatoms. The molecule has 2 amide bonds. The van der Waals surface area contributed by atoms with Gasteiger partial charge < -0.3 is 25.2 Å². The quantitative estimate of drug-likeness (QED) is 0.553. The molecule has 0 spiro atoms.